The van der Waals surface area contributed by atoms with Gasteiger partial charge in [0.1, 0.15) is 18.6 Å². The number of carbonyl (C=O) groups excluding carboxylic acids is 2. The Balaban J connectivity index is 1.64. The van der Waals surface area contributed by atoms with Crippen molar-refractivity contribution in [1.82, 2.24) is 0 Å². The fourth-order valence-electron chi connectivity index (χ4n) is 2.55. The second-order valence-electron chi connectivity index (χ2n) is 6.14. The van der Waals surface area contributed by atoms with Crippen LogP contribution in [0.2, 0.25) is 0 Å². The van der Waals surface area contributed by atoms with Crippen LogP contribution in [0.1, 0.15) is 26.5 Å². The van der Waals surface area contributed by atoms with Crippen molar-refractivity contribution in [2.75, 3.05) is 19.5 Å². The minimum Gasteiger partial charge on any atom is -0.497 e. The van der Waals surface area contributed by atoms with Gasteiger partial charge in [-0.25, -0.2) is 4.79 Å². The minimum atomic E-state index is -0.614. The third-order valence-electron chi connectivity index (χ3n) is 4.11. The topological polar surface area (TPSA) is 104 Å². The summed E-state index contributed by atoms with van der Waals surface area (Å²) in [6.07, 6.45) is 1.10. The Kier molecular flexibility index (Phi) is 6.49. The van der Waals surface area contributed by atoms with E-state index in [-0.39, 0.29) is 18.1 Å². The third kappa shape index (κ3) is 5.05. The van der Waals surface area contributed by atoms with Crippen molar-refractivity contribution in [3.63, 3.8) is 0 Å². The van der Waals surface area contributed by atoms with Crippen LogP contribution in [0.25, 0.3) is 0 Å². The maximum Gasteiger partial charge on any atom is 0.337 e. The SMILES string of the molecule is COC(=O)c1ccc(NC(=O)c2cc(=O)c(OCc3cccc(OC)c3)co2)cc1. The fraction of sp³-hybridized carbons (Fsp3) is 0.136. The first-order valence-corrected chi connectivity index (χ1v) is 8.88. The number of hydrogen-bond acceptors (Lipinski definition) is 7. The van der Waals surface area contributed by atoms with Gasteiger partial charge in [-0.3, -0.25) is 9.59 Å². The lowest BCUT2D eigenvalue weighted by molar-refractivity contribution is 0.0600. The molecule has 154 valence electrons. The molecule has 8 heteroatoms. The molecule has 0 spiro atoms. The van der Waals surface area contributed by atoms with Crippen LogP contribution in [-0.2, 0) is 11.3 Å². The summed E-state index contributed by atoms with van der Waals surface area (Å²) < 4.78 is 20.5. The molecule has 30 heavy (non-hydrogen) atoms. The van der Waals surface area contributed by atoms with Gasteiger partial charge in [0.25, 0.3) is 5.91 Å². The number of nitrogens with one attached hydrogen (secondary N) is 1. The molecule has 1 heterocycles. The molecule has 3 rings (SSSR count). The van der Waals surface area contributed by atoms with Gasteiger partial charge in [0.05, 0.1) is 19.8 Å². The Hall–Kier alpha value is -4.07. The summed E-state index contributed by atoms with van der Waals surface area (Å²) in [6, 6.07) is 14.4. The zero-order valence-corrected chi connectivity index (χ0v) is 16.3. The van der Waals surface area contributed by atoms with Crippen LogP contribution in [0.15, 0.2) is 70.1 Å². The number of benzene rings is 2. The van der Waals surface area contributed by atoms with Gasteiger partial charge in [-0.05, 0) is 42.0 Å². The lowest BCUT2D eigenvalue weighted by Crippen LogP contribution is -2.16. The zero-order valence-electron chi connectivity index (χ0n) is 16.3. The van der Waals surface area contributed by atoms with E-state index < -0.39 is 17.3 Å². The Morgan fingerprint density at radius 3 is 2.47 bits per heavy atom. The van der Waals surface area contributed by atoms with Crippen LogP contribution in [0.5, 0.6) is 11.5 Å². The molecule has 1 N–H and O–H groups in total. The molecular formula is C22H19NO7. The number of anilines is 1. The first-order valence-electron chi connectivity index (χ1n) is 8.88. The highest BCUT2D eigenvalue weighted by Gasteiger charge is 2.13. The van der Waals surface area contributed by atoms with Crippen molar-refractivity contribution >= 4 is 17.6 Å². The summed E-state index contributed by atoms with van der Waals surface area (Å²) in [4.78, 5) is 36.0. The molecule has 0 saturated heterocycles. The molecule has 0 aliphatic carbocycles. The van der Waals surface area contributed by atoms with E-state index in [1.165, 1.54) is 31.4 Å². The maximum atomic E-state index is 12.3. The minimum absolute atomic E-state index is 0.0169. The van der Waals surface area contributed by atoms with Crippen molar-refractivity contribution < 1.29 is 28.2 Å². The number of hydrogen-bond donors (Lipinski definition) is 1. The largest absolute Gasteiger partial charge is 0.497 e. The summed E-state index contributed by atoms with van der Waals surface area (Å²) in [5, 5.41) is 2.58. The summed E-state index contributed by atoms with van der Waals surface area (Å²) in [6.45, 7) is 0.139. The summed E-state index contributed by atoms with van der Waals surface area (Å²) in [5.41, 5.74) is 1.09. The van der Waals surface area contributed by atoms with Crippen LogP contribution in [0, 0.1) is 0 Å². The van der Waals surface area contributed by atoms with Crippen LogP contribution in [-0.4, -0.2) is 26.1 Å². The molecule has 0 aliphatic heterocycles. The van der Waals surface area contributed by atoms with Crippen LogP contribution >= 0.6 is 0 Å². The van der Waals surface area contributed by atoms with Crippen LogP contribution in [0.4, 0.5) is 5.69 Å². The lowest BCUT2D eigenvalue weighted by atomic mass is 10.2. The molecule has 1 amide bonds. The molecule has 1 aromatic heterocycles. The van der Waals surface area contributed by atoms with E-state index in [0.717, 1.165) is 17.9 Å². The predicted molar refractivity (Wildman–Crippen MR) is 108 cm³/mol. The molecule has 2 aromatic carbocycles. The lowest BCUT2D eigenvalue weighted by Gasteiger charge is -2.08. The molecule has 0 unspecified atom stereocenters. The standard InChI is InChI=1S/C22H19NO7/c1-27-17-5-3-4-14(10-17)12-29-20-13-30-19(11-18(20)24)21(25)23-16-8-6-15(7-9-16)22(26)28-2/h3-11,13H,12H2,1-2H3,(H,23,25). The molecule has 0 bridgehead atoms. The Morgan fingerprint density at radius 2 is 1.80 bits per heavy atom. The number of amides is 1. The molecule has 0 aliphatic rings. The van der Waals surface area contributed by atoms with E-state index >= 15 is 0 Å². The summed E-state index contributed by atoms with van der Waals surface area (Å²) in [7, 11) is 2.84. The van der Waals surface area contributed by atoms with Crippen molar-refractivity contribution in [2.24, 2.45) is 0 Å². The first kappa shape index (κ1) is 20.7. The van der Waals surface area contributed by atoms with Gasteiger partial charge in [-0.15, -0.1) is 0 Å². The van der Waals surface area contributed by atoms with E-state index in [2.05, 4.69) is 10.1 Å². The van der Waals surface area contributed by atoms with E-state index in [1.807, 2.05) is 12.1 Å². The average Bonchev–Trinajstić information content (AvgIpc) is 2.78. The molecule has 3 aromatic rings. The number of esters is 1. The van der Waals surface area contributed by atoms with Gasteiger partial charge >= 0.3 is 5.97 Å². The molecular weight excluding hydrogens is 390 g/mol. The second kappa shape index (κ2) is 9.42. The second-order valence-corrected chi connectivity index (χ2v) is 6.14. The highest BCUT2D eigenvalue weighted by atomic mass is 16.5. The van der Waals surface area contributed by atoms with Crippen molar-refractivity contribution in [3.05, 3.63) is 88.0 Å². The Morgan fingerprint density at radius 1 is 1.03 bits per heavy atom. The summed E-state index contributed by atoms with van der Waals surface area (Å²) >= 11 is 0. The Labute approximate surface area is 172 Å². The number of methoxy groups -OCH3 is 2. The maximum absolute atomic E-state index is 12.3. The van der Waals surface area contributed by atoms with Gasteiger partial charge in [-0.1, -0.05) is 12.1 Å². The van der Waals surface area contributed by atoms with Gasteiger partial charge in [0, 0.05) is 11.8 Å². The molecule has 8 nitrogen and oxygen atoms in total. The van der Waals surface area contributed by atoms with Gasteiger partial charge in [-0.2, -0.15) is 0 Å². The van der Waals surface area contributed by atoms with Crippen molar-refractivity contribution in [3.8, 4) is 11.5 Å². The highest BCUT2D eigenvalue weighted by Crippen LogP contribution is 2.16. The quantitative estimate of drug-likeness (QED) is 0.597. The predicted octanol–water partition coefficient (Wildman–Crippen LogP) is 3.27. The number of ether oxygens (including phenoxy) is 3. The average molecular weight is 409 g/mol. The Bertz CT molecular complexity index is 1100. The van der Waals surface area contributed by atoms with E-state index in [1.54, 1.807) is 19.2 Å². The highest BCUT2D eigenvalue weighted by molar-refractivity contribution is 6.02. The molecule has 0 radical (unpaired) electrons. The van der Waals surface area contributed by atoms with Crippen molar-refractivity contribution in [2.45, 2.75) is 6.61 Å². The van der Waals surface area contributed by atoms with Gasteiger partial charge in [0.2, 0.25) is 11.2 Å². The van der Waals surface area contributed by atoms with E-state index in [4.69, 9.17) is 13.9 Å². The number of rotatable bonds is 7. The van der Waals surface area contributed by atoms with E-state index in [9.17, 15) is 14.4 Å². The van der Waals surface area contributed by atoms with Crippen LogP contribution in [0.3, 0.4) is 0 Å². The monoisotopic (exact) mass is 409 g/mol. The smallest absolute Gasteiger partial charge is 0.337 e. The van der Waals surface area contributed by atoms with Crippen molar-refractivity contribution in [1.29, 1.82) is 0 Å². The van der Waals surface area contributed by atoms with Gasteiger partial charge in [0.15, 0.2) is 5.76 Å². The summed E-state index contributed by atoms with van der Waals surface area (Å²) in [5.74, 6) is -0.613. The zero-order chi connectivity index (χ0) is 21.5. The van der Waals surface area contributed by atoms with E-state index in [0.29, 0.717) is 17.0 Å². The van der Waals surface area contributed by atoms with Crippen LogP contribution < -0.4 is 20.2 Å². The molecule has 0 fully saturated rings. The normalized spacial score (nSPS) is 10.2. The molecule has 0 atom stereocenters. The first-order chi connectivity index (χ1) is 14.5. The number of carbonyl (C=O) groups is 2. The molecule has 0 saturated carbocycles. The third-order valence-corrected chi connectivity index (χ3v) is 4.11. The van der Waals surface area contributed by atoms with Gasteiger partial charge < -0.3 is 23.9 Å². The fourth-order valence-corrected chi connectivity index (χ4v) is 2.55.